The molecule has 0 aliphatic rings. The number of rotatable bonds is 28. The van der Waals surface area contributed by atoms with E-state index in [9.17, 15) is 58.8 Å². The van der Waals surface area contributed by atoms with Gasteiger partial charge in [0.2, 0.25) is 0 Å². The molecule has 8 aromatic heterocycles. The number of carbonyl (C=O) groups is 4. The van der Waals surface area contributed by atoms with Crippen LogP contribution in [0.3, 0.4) is 0 Å². The van der Waals surface area contributed by atoms with E-state index in [-0.39, 0.29) is 37.1 Å². The lowest BCUT2D eigenvalue weighted by molar-refractivity contribution is -0.254. The highest BCUT2D eigenvalue weighted by Gasteiger charge is 2.26. The standard InChI is InChI=1S/4C25H20N4O5.2CH3/c4*1-2-33-24-26-20-9-5-8-19(23(30)31)21(20)29(24)14-15-10-12-16(13-11-15)17-6-3-4-7-18(17)22-27-25(32)34-28-22;;/h4*3-13H,2,14H2,1H3,(H,30,31)(H,27,28,32);2*1H3/q;;;;2*+1/p-1. The maximum Gasteiger partial charge on any atom is 0.439 e. The van der Waals surface area contributed by atoms with Gasteiger partial charge in [-0.2, -0.15) is 19.9 Å². The molecule has 0 fully saturated rings. The number of fused-ring (bicyclic) bond motifs is 4. The van der Waals surface area contributed by atoms with Crippen LogP contribution in [-0.2, 0) is 26.2 Å². The molecule has 0 atom stereocenters. The van der Waals surface area contributed by atoms with Gasteiger partial charge in [-0.25, -0.2) is 33.6 Å². The Hall–Kier alpha value is -18.9. The quantitative estimate of drug-likeness (QED) is 0.0224. The van der Waals surface area contributed by atoms with Crippen molar-refractivity contribution in [3.63, 3.8) is 0 Å². The minimum absolute atomic E-state index is 0. The van der Waals surface area contributed by atoms with E-state index in [0.717, 1.165) is 89.0 Å². The third-order valence-corrected chi connectivity index (χ3v) is 21.8. The number of nitrogens with zero attached hydrogens (tertiary/aromatic N) is 12. The molecule has 0 saturated heterocycles. The number of benzene rings is 12. The van der Waals surface area contributed by atoms with Gasteiger partial charge in [0.25, 0.3) is 24.0 Å². The summed E-state index contributed by atoms with van der Waals surface area (Å²) in [4.78, 5) is 121. The highest BCUT2D eigenvalue weighted by Crippen LogP contribution is 2.38. The predicted octanol–water partition coefficient (Wildman–Crippen LogP) is 16.3. The summed E-state index contributed by atoms with van der Waals surface area (Å²) in [5.41, 5.74) is 18.7. The number of imidazole rings is 4. The Bertz CT molecular complexity index is 7130. The molecule has 8 heterocycles. The Morgan fingerprint density at radius 1 is 0.290 bits per heavy atom. The van der Waals surface area contributed by atoms with Crippen LogP contribution in [0.2, 0.25) is 0 Å². The van der Waals surface area contributed by atoms with Gasteiger partial charge in [-0.1, -0.05) is 245 Å². The summed E-state index contributed by atoms with van der Waals surface area (Å²) in [6.45, 7) is 10.5. The summed E-state index contributed by atoms with van der Waals surface area (Å²) < 4.78 is 48.5. The number of hydrogen-bond acceptors (Lipinski definition) is 25. The molecule has 0 aliphatic heterocycles. The number of para-hydroxylation sites is 4. The largest absolute Gasteiger partial charge is 0.545 e. The number of nitrogens with one attached hydrogen (secondary N) is 4. The summed E-state index contributed by atoms with van der Waals surface area (Å²) in [6.07, 6.45) is 0. The van der Waals surface area contributed by atoms with Crippen LogP contribution in [0.1, 0.15) is 91.4 Å². The molecular weight excluding hydrogens is 1770 g/mol. The lowest BCUT2D eigenvalue weighted by Crippen LogP contribution is -2.23. The second-order valence-electron chi connectivity index (χ2n) is 30.3. The van der Waals surface area contributed by atoms with E-state index in [1.165, 1.54) is 6.07 Å². The van der Waals surface area contributed by atoms with Crippen LogP contribution in [0.25, 0.3) is 134 Å². The molecule has 0 aliphatic carbocycles. The summed E-state index contributed by atoms with van der Waals surface area (Å²) >= 11 is 0. The minimum atomic E-state index is -1.27. The molecule has 20 aromatic rings. The number of aromatic carboxylic acids is 4. The summed E-state index contributed by atoms with van der Waals surface area (Å²) in [5, 5.41) is 56.0. The van der Waals surface area contributed by atoms with Crippen molar-refractivity contribution in [2.24, 2.45) is 0 Å². The van der Waals surface area contributed by atoms with E-state index in [4.69, 9.17) is 18.9 Å². The molecule has 12 aromatic carbocycles. The number of ether oxygens (including phenoxy) is 4. The molecule has 20 rings (SSSR count). The molecule has 0 bridgehead atoms. The van der Waals surface area contributed by atoms with Gasteiger partial charge < -0.3 is 44.2 Å². The second kappa shape index (κ2) is 41.7. The molecular formula is C102H85N16O20+. The fraction of sp³-hybridized carbons (Fsp3) is 0.118. The fourth-order valence-electron chi connectivity index (χ4n) is 15.9. The van der Waals surface area contributed by atoms with Crippen LogP contribution in [0.4, 0.5) is 0 Å². The first-order valence-corrected chi connectivity index (χ1v) is 42.6. The van der Waals surface area contributed by atoms with E-state index in [1.54, 1.807) is 85.0 Å². The molecule has 692 valence electrons. The Labute approximate surface area is 782 Å². The monoisotopic (exact) mass is 1850 g/mol. The van der Waals surface area contributed by atoms with Gasteiger partial charge in [-0.05, 0) is 137 Å². The number of carboxylic acid groups (broad SMARTS) is 4. The first-order chi connectivity index (χ1) is 66.2. The van der Waals surface area contributed by atoms with Crippen molar-refractivity contribution in [2.75, 3.05) is 26.4 Å². The van der Waals surface area contributed by atoms with E-state index < -0.39 is 46.9 Å². The van der Waals surface area contributed by atoms with Crippen LogP contribution in [0.5, 0.6) is 24.0 Å². The van der Waals surface area contributed by atoms with Gasteiger partial charge in [-0.3, -0.25) is 56.3 Å². The van der Waals surface area contributed by atoms with Crippen LogP contribution in [-0.4, -0.2) is 144 Å². The molecule has 36 heteroatoms. The predicted molar refractivity (Wildman–Crippen MR) is 510 cm³/mol. The van der Waals surface area contributed by atoms with E-state index in [1.807, 2.05) is 222 Å². The van der Waals surface area contributed by atoms with Gasteiger partial charge >= 0.3 is 40.9 Å². The number of aromatic amines is 4. The Morgan fingerprint density at radius 2 is 0.493 bits per heavy atom. The van der Waals surface area contributed by atoms with Crippen molar-refractivity contribution in [3.05, 3.63) is 368 Å². The van der Waals surface area contributed by atoms with Gasteiger partial charge in [0.1, 0.15) is 0 Å². The van der Waals surface area contributed by atoms with Crippen molar-refractivity contribution in [2.45, 2.75) is 53.9 Å². The molecule has 0 spiro atoms. The van der Waals surface area contributed by atoms with Crippen LogP contribution >= 0.6 is 0 Å². The number of carbonyl (C=O) groups excluding carboxylic acids is 1. The number of carboxylic acids is 4. The maximum absolute atomic E-state index is 11.8. The summed E-state index contributed by atoms with van der Waals surface area (Å²) in [6, 6.07) is 82.9. The topological polar surface area (TPSA) is 496 Å². The van der Waals surface area contributed by atoms with Crippen molar-refractivity contribution in [1.29, 1.82) is 0 Å². The number of hydrogen-bond donors (Lipinski definition) is 7. The van der Waals surface area contributed by atoms with Gasteiger partial charge in [0.05, 0.1) is 119 Å². The zero-order chi connectivity index (χ0) is 94.6. The van der Waals surface area contributed by atoms with Crippen molar-refractivity contribution in [1.82, 2.24) is 78.8 Å². The Balaban J connectivity index is 0.000000139. The zero-order valence-electron chi connectivity index (χ0n) is 74.7. The molecule has 138 heavy (non-hydrogen) atoms. The van der Waals surface area contributed by atoms with Crippen LogP contribution < -0.4 is 47.1 Å². The average Bonchev–Trinajstić information content (AvgIpc) is 1.62. The summed E-state index contributed by atoms with van der Waals surface area (Å²) in [5.74, 6) is -5.36. The van der Waals surface area contributed by atoms with Gasteiger partial charge in [-0.15, -0.1) is 0 Å². The highest BCUT2D eigenvalue weighted by atomic mass is 16.5. The lowest BCUT2D eigenvalue weighted by atomic mass is 9.98. The summed E-state index contributed by atoms with van der Waals surface area (Å²) in [7, 11) is 0. The van der Waals surface area contributed by atoms with Crippen molar-refractivity contribution < 1.29 is 76.6 Å². The highest BCUT2D eigenvalue weighted by molar-refractivity contribution is 6.04. The van der Waals surface area contributed by atoms with Crippen molar-refractivity contribution >= 4 is 68.0 Å². The Morgan fingerprint density at radius 3 is 0.681 bits per heavy atom. The zero-order valence-corrected chi connectivity index (χ0v) is 74.7. The maximum atomic E-state index is 11.8. The minimum Gasteiger partial charge on any atom is -0.545 e. The lowest BCUT2D eigenvalue weighted by Gasteiger charge is -2.13. The van der Waals surface area contributed by atoms with E-state index >= 15 is 0 Å². The molecule has 0 amide bonds. The van der Waals surface area contributed by atoms with Crippen molar-refractivity contribution in [3.8, 4) is 114 Å². The Kier molecular flexibility index (Phi) is 28.3. The molecule has 0 unspecified atom stereocenters. The first kappa shape index (κ1) is 93.8. The third kappa shape index (κ3) is 20.0. The van der Waals surface area contributed by atoms with Crippen LogP contribution in [0.15, 0.2) is 304 Å². The van der Waals surface area contributed by atoms with Gasteiger partial charge in [0.15, 0.2) is 23.3 Å². The second-order valence-corrected chi connectivity index (χ2v) is 30.3. The van der Waals surface area contributed by atoms with Gasteiger partial charge in [0, 0.05) is 42.7 Å². The normalized spacial score (nSPS) is 10.9. The smallest absolute Gasteiger partial charge is 0.439 e. The molecule has 36 nitrogen and oxygen atoms in total. The van der Waals surface area contributed by atoms with E-state index in [0.29, 0.717) is 144 Å². The number of aromatic nitrogens is 16. The fourth-order valence-corrected chi connectivity index (χ4v) is 15.9. The number of H-pyrrole nitrogens is 4. The average molecular weight is 1850 g/mol. The molecule has 7 N–H and O–H groups in total. The molecule has 0 radical (unpaired) electrons. The SMILES string of the molecule is CCOc1nc2cccc(C(=O)O)c2n1Cc1ccc(-c2ccccc2-c2noc(=O)[nH]2)cc1.CCOc1nc2cccc(C(=O)O)c2n1Cc1ccc(-c2ccccc2-c2noc(=O)[nH]2)cc1.CCOc1nc2cccc(C(=O)O)c2n1Cc1ccc(-c2ccccc2-c2noc(=O)[nH]2)cc1.CCOc1nc2cccc(C(=O)[O-])c2n1Cc1ccc(-c2ccccc2-c2noc(=O)[nH]2)cc1.[CH3+].[CH3+]. The van der Waals surface area contributed by atoms with Crippen LogP contribution in [0, 0.1) is 14.9 Å². The van der Waals surface area contributed by atoms with E-state index in [2.05, 4.69) is 78.6 Å². The first-order valence-electron chi connectivity index (χ1n) is 42.6. The molecule has 0 saturated carbocycles. The third-order valence-electron chi connectivity index (χ3n) is 21.8.